The minimum Gasteiger partial charge on any atom is -0.364 e. The van der Waals surface area contributed by atoms with Gasteiger partial charge in [-0.1, -0.05) is 15.9 Å². The Labute approximate surface area is 117 Å². The number of benzene rings is 1. The van der Waals surface area contributed by atoms with E-state index in [2.05, 4.69) is 26.6 Å². The summed E-state index contributed by atoms with van der Waals surface area (Å²) in [5, 5.41) is 16.8. The Bertz CT molecular complexity index is 579. The van der Waals surface area contributed by atoms with Crippen LogP contribution in [0.2, 0.25) is 0 Å². The molecular formula is C11H10BrN3O2S. The van der Waals surface area contributed by atoms with Gasteiger partial charge in [0.2, 0.25) is 11.6 Å². The first kappa shape index (κ1) is 11.9. The molecule has 94 valence electrons. The fourth-order valence-corrected chi connectivity index (χ4v) is 3.11. The average Bonchev–Trinajstić information content (AvgIpc) is 2.67. The van der Waals surface area contributed by atoms with Gasteiger partial charge in [0.1, 0.15) is 0 Å². The number of hydrogen-bond acceptors (Lipinski definition) is 3. The highest BCUT2D eigenvalue weighted by atomic mass is 79.9. The molecule has 1 amide bonds. The summed E-state index contributed by atoms with van der Waals surface area (Å²) < 4.78 is 0.832. The van der Waals surface area contributed by atoms with Crippen LogP contribution in [-0.4, -0.2) is 22.3 Å². The second-order valence-corrected chi connectivity index (χ2v) is 5.64. The molecule has 0 saturated carbocycles. The van der Waals surface area contributed by atoms with Crippen molar-refractivity contribution in [2.45, 2.75) is 18.8 Å². The van der Waals surface area contributed by atoms with Crippen LogP contribution in [-0.2, 0) is 10.5 Å². The highest BCUT2D eigenvalue weighted by molar-refractivity contribution is 9.10. The molecule has 5 nitrogen and oxygen atoms in total. The first-order chi connectivity index (χ1) is 8.43. The molecule has 7 heteroatoms. The average molecular weight is 328 g/mol. The van der Waals surface area contributed by atoms with Crippen LogP contribution in [0.1, 0.15) is 12.5 Å². The van der Waals surface area contributed by atoms with E-state index in [0.717, 1.165) is 4.47 Å². The van der Waals surface area contributed by atoms with Gasteiger partial charge in [-0.25, -0.2) is 0 Å². The molecule has 0 bridgehead atoms. The molecule has 0 aromatic heterocycles. The summed E-state index contributed by atoms with van der Waals surface area (Å²) in [5.41, 5.74) is -0.0628. The maximum absolute atomic E-state index is 11.8. The molecule has 18 heavy (non-hydrogen) atoms. The van der Waals surface area contributed by atoms with Gasteiger partial charge in [0.05, 0.1) is 5.69 Å². The van der Waals surface area contributed by atoms with Gasteiger partial charge in [-0.3, -0.25) is 9.69 Å². The Hall–Kier alpha value is -1.18. The Balaban J connectivity index is 2.23. The molecule has 3 N–H and O–H groups in total. The summed E-state index contributed by atoms with van der Waals surface area (Å²) in [7, 11) is 0. The van der Waals surface area contributed by atoms with E-state index >= 15 is 0 Å². The normalized spacial score (nSPS) is 28.5. The van der Waals surface area contributed by atoms with Crippen molar-refractivity contribution in [2.24, 2.45) is 0 Å². The van der Waals surface area contributed by atoms with Crippen LogP contribution in [0.3, 0.4) is 0 Å². The van der Waals surface area contributed by atoms with Crippen LogP contribution in [0, 0.1) is 0 Å². The van der Waals surface area contributed by atoms with Crippen molar-refractivity contribution < 1.29 is 9.90 Å². The number of nitrogens with one attached hydrogen (secondary N) is 2. The summed E-state index contributed by atoms with van der Waals surface area (Å²) >= 11 is 8.38. The second kappa shape index (κ2) is 3.66. The van der Waals surface area contributed by atoms with E-state index in [4.69, 9.17) is 12.2 Å². The molecule has 2 aliphatic rings. The maximum Gasteiger partial charge on any atom is 0.225 e. The largest absolute Gasteiger partial charge is 0.364 e. The molecule has 1 aromatic rings. The minimum absolute atomic E-state index is 0.154. The first-order valence-electron chi connectivity index (χ1n) is 5.34. The van der Waals surface area contributed by atoms with E-state index in [1.165, 1.54) is 11.8 Å². The number of nitrogens with zero attached hydrogens (tertiary/aromatic N) is 1. The molecule has 2 atom stereocenters. The molecule has 2 aliphatic heterocycles. The van der Waals surface area contributed by atoms with E-state index in [0.29, 0.717) is 16.4 Å². The van der Waals surface area contributed by atoms with Crippen LogP contribution >= 0.6 is 28.1 Å². The second-order valence-electron chi connectivity index (χ2n) is 4.32. The first-order valence-corrected chi connectivity index (χ1v) is 6.54. The van der Waals surface area contributed by atoms with Crippen molar-refractivity contribution in [3.05, 3.63) is 28.2 Å². The third-order valence-corrected chi connectivity index (χ3v) is 3.91. The Morgan fingerprint density at radius 3 is 3.00 bits per heavy atom. The molecule has 0 unspecified atom stereocenters. The van der Waals surface area contributed by atoms with E-state index in [-0.39, 0.29) is 5.91 Å². The SMILES string of the molecule is CC(=O)N1c2ccc(Br)cc2[C@]2(O)NC(=S)N[C@H]12. The number of rotatable bonds is 0. The van der Waals surface area contributed by atoms with Crippen molar-refractivity contribution in [1.82, 2.24) is 10.6 Å². The number of amides is 1. The van der Waals surface area contributed by atoms with Crippen LogP contribution in [0.25, 0.3) is 0 Å². The molecule has 1 saturated heterocycles. The van der Waals surface area contributed by atoms with Crippen LogP contribution in [0.5, 0.6) is 0 Å². The van der Waals surface area contributed by atoms with Gasteiger partial charge in [0.15, 0.2) is 11.3 Å². The lowest BCUT2D eigenvalue weighted by Crippen LogP contribution is -2.52. The van der Waals surface area contributed by atoms with Crippen LogP contribution in [0.15, 0.2) is 22.7 Å². The number of carbonyl (C=O) groups excluding carboxylic acids is 1. The number of anilines is 1. The third kappa shape index (κ3) is 1.41. The van der Waals surface area contributed by atoms with Gasteiger partial charge in [-0.2, -0.15) is 0 Å². The Morgan fingerprint density at radius 1 is 1.61 bits per heavy atom. The lowest BCUT2D eigenvalue weighted by Gasteiger charge is -2.26. The van der Waals surface area contributed by atoms with Gasteiger partial charge >= 0.3 is 0 Å². The van der Waals surface area contributed by atoms with Crippen LogP contribution in [0.4, 0.5) is 5.69 Å². The maximum atomic E-state index is 11.8. The van der Waals surface area contributed by atoms with Crippen molar-refractivity contribution in [3.63, 3.8) is 0 Å². The van der Waals surface area contributed by atoms with Gasteiger partial charge in [0, 0.05) is 17.0 Å². The van der Waals surface area contributed by atoms with E-state index in [9.17, 15) is 9.90 Å². The number of fused-ring (bicyclic) bond motifs is 3. The molecule has 1 aromatic carbocycles. The highest BCUT2D eigenvalue weighted by Gasteiger charge is 2.56. The van der Waals surface area contributed by atoms with Gasteiger partial charge in [-0.05, 0) is 30.4 Å². The van der Waals surface area contributed by atoms with E-state index in [1.807, 2.05) is 6.07 Å². The highest BCUT2D eigenvalue weighted by Crippen LogP contribution is 2.44. The number of thiocarbonyl (C=S) groups is 1. The van der Waals surface area contributed by atoms with Gasteiger partial charge < -0.3 is 15.7 Å². The van der Waals surface area contributed by atoms with Crippen molar-refractivity contribution in [3.8, 4) is 0 Å². The molecular weight excluding hydrogens is 318 g/mol. The lowest BCUT2D eigenvalue weighted by molar-refractivity contribution is -0.118. The van der Waals surface area contributed by atoms with Crippen molar-refractivity contribution in [2.75, 3.05) is 4.90 Å². The summed E-state index contributed by atoms with van der Waals surface area (Å²) in [5.74, 6) is -0.154. The molecule has 0 radical (unpaired) electrons. The molecule has 1 fully saturated rings. The van der Waals surface area contributed by atoms with Gasteiger partial charge in [-0.15, -0.1) is 0 Å². The fourth-order valence-electron chi connectivity index (χ4n) is 2.49. The topological polar surface area (TPSA) is 64.6 Å². The smallest absolute Gasteiger partial charge is 0.225 e. The quantitative estimate of drug-likeness (QED) is 0.614. The minimum atomic E-state index is -1.37. The van der Waals surface area contributed by atoms with Crippen molar-refractivity contribution in [1.29, 1.82) is 0 Å². The number of halogens is 1. The molecule has 2 heterocycles. The number of carbonyl (C=O) groups is 1. The standard InChI is InChI=1S/C11H10BrN3O2S/c1-5(16)15-8-3-2-6(12)4-7(8)11(17)9(15)13-10(18)14-11/h2-4,9,17H,1H3,(H2,13,14,18)/t9-,11-/m1/s1. The predicted molar refractivity (Wildman–Crippen MR) is 73.9 cm³/mol. The molecule has 0 spiro atoms. The summed E-state index contributed by atoms with van der Waals surface area (Å²) in [6, 6.07) is 5.41. The summed E-state index contributed by atoms with van der Waals surface area (Å²) in [6.45, 7) is 1.46. The van der Waals surface area contributed by atoms with E-state index < -0.39 is 11.9 Å². The zero-order valence-corrected chi connectivity index (χ0v) is 11.8. The van der Waals surface area contributed by atoms with Crippen LogP contribution < -0.4 is 15.5 Å². The zero-order valence-electron chi connectivity index (χ0n) is 9.40. The van der Waals surface area contributed by atoms with Gasteiger partial charge in [0.25, 0.3) is 0 Å². The summed E-state index contributed by atoms with van der Waals surface area (Å²) in [6.07, 6.45) is -0.605. The number of aliphatic hydroxyl groups is 1. The summed E-state index contributed by atoms with van der Waals surface area (Å²) in [4.78, 5) is 13.3. The van der Waals surface area contributed by atoms with E-state index in [1.54, 1.807) is 12.1 Å². The zero-order chi connectivity index (χ0) is 13.1. The Kier molecular flexibility index (Phi) is 2.42. The predicted octanol–water partition coefficient (Wildman–Crippen LogP) is 0.764. The molecule has 3 rings (SSSR count). The number of hydrogen-bond donors (Lipinski definition) is 3. The Morgan fingerprint density at radius 2 is 2.33 bits per heavy atom. The molecule has 0 aliphatic carbocycles. The van der Waals surface area contributed by atoms with Crippen molar-refractivity contribution >= 4 is 44.9 Å². The third-order valence-electron chi connectivity index (χ3n) is 3.19. The lowest BCUT2D eigenvalue weighted by atomic mass is 10.0. The monoisotopic (exact) mass is 327 g/mol. The fraction of sp³-hybridized carbons (Fsp3) is 0.273.